The third-order valence-electron chi connectivity index (χ3n) is 4.76. The molecule has 4 aromatic rings. The summed E-state index contributed by atoms with van der Waals surface area (Å²) in [5.41, 5.74) is 3.27. The lowest BCUT2D eigenvalue weighted by atomic mass is 10.1. The summed E-state index contributed by atoms with van der Waals surface area (Å²) in [4.78, 5) is 8.82. The van der Waals surface area contributed by atoms with Crippen molar-refractivity contribution in [2.45, 2.75) is 13.2 Å². The van der Waals surface area contributed by atoms with Crippen LogP contribution in [-0.2, 0) is 17.9 Å². The van der Waals surface area contributed by atoms with Crippen molar-refractivity contribution in [2.24, 2.45) is 0 Å². The van der Waals surface area contributed by atoms with Crippen LogP contribution in [0.15, 0.2) is 54.7 Å². The first-order valence-corrected chi connectivity index (χ1v) is 9.02. The third-order valence-corrected chi connectivity index (χ3v) is 4.76. The second kappa shape index (κ2) is 7.97. The first-order chi connectivity index (χ1) is 14.1. The van der Waals surface area contributed by atoms with Crippen molar-refractivity contribution in [2.75, 3.05) is 14.2 Å². The third kappa shape index (κ3) is 3.69. The van der Waals surface area contributed by atoms with E-state index in [4.69, 9.17) is 9.47 Å². The van der Waals surface area contributed by atoms with E-state index < -0.39 is 11.6 Å². The lowest BCUT2D eigenvalue weighted by Gasteiger charge is -2.11. The molecular weight excluding hydrogens is 376 g/mol. The second-order valence-corrected chi connectivity index (χ2v) is 6.54. The Kier molecular flexibility index (Phi) is 5.22. The number of imidazole rings is 1. The van der Waals surface area contributed by atoms with Crippen molar-refractivity contribution in [3.63, 3.8) is 0 Å². The largest absolute Gasteiger partial charge is 0.481 e. The first kappa shape index (κ1) is 19.0. The molecule has 2 aromatic heterocycles. The molecule has 0 aliphatic carbocycles. The minimum atomic E-state index is -0.592. The first-order valence-electron chi connectivity index (χ1n) is 9.02. The maximum absolute atomic E-state index is 14.3. The van der Waals surface area contributed by atoms with Crippen LogP contribution in [0.1, 0.15) is 11.4 Å². The Morgan fingerprint density at radius 1 is 0.966 bits per heavy atom. The predicted octanol–water partition coefficient (Wildman–Crippen LogP) is 4.58. The normalized spacial score (nSPS) is 11.2. The van der Waals surface area contributed by atoms with Gasteiger partial charge in [-0.15, -0.1) is 0 Å². The quantitative estimate of drug-likeness (QED) is 0.480. The molecule has 2 aromatic carbocycles. The van der Waals surface area contributed by atoms with Gasteiger partial charge in [-0.3, -0.25) is 0 Å². The van der Waals surface area contributed by atoms with Crippen LogP contribution in [0.2, 0.25) is 0 Å². The highest BCUT2D eigenvalue weighted by Gasteiger charge is 2.16. The number of pyridine rings is 1. The van der Waals surface area contributed by atoms with Crippen LogP contribution in [0.3, 0.4) is 0 Å². The maximum Gasteiger partial charge on any atom is 0.212 e. The summed E-state index contributed by atoms with van der Waals surface area (Å²) >= 11 is 0. The smallest absolute Gasteiger partial charge is 0.212 e. The van der Waals surface area contributed by atoms with Gasteiger partial charge in [0.25, 0.3) is 0 Å². The van der Waals surface area contributed by atoms with Crippen molar-refractivity contribution in [1.29, 1.82) is 0 Å². The molecule has 29 heavy (non-hydrogen) atoms. The molecule has 0 saturated carbocycles. The molecule has 0 amide bonds. The average Bonchev–Trinajstić information content (AvgIpc) is 3.07. The van der Waals surface area contributed by atoms with Gasteiger partial charge in [-0.1, -0.05) is 12.1 Å². The molecule has 5 nitrogen and oxygen atoms in total. The number of ether oxygens (including phenoxy) is 2. The zero-order chi connectivity index (χ0) is 20.4. The van der Waals surface area contributed by atoms with Crippen molar-refractivity contribution in [1.82, 2.24) is 14.5 Å². The molecule has 0 aliphatic rings. The zero-order valence-corrected chi connectivity index (χ0v) is 16.0. The van der Waals surface area contributed by atoms with Crippen molar-refractivity contribution in [3.05, 3.63) is 77.8 Å². The van der Waals surface area contributed by atoms with E-state index in [1.807, 2.05) is 24.3 Å². The van der Waals surface area contributed by atoms with Crippen molar-refractivity contribution in [3.8, 4) is 17.0 Å². The van der Waals surface area contributed by atoms with E-state index in [9.17, 15) is 8.78 Å². The molecule has 4 rings (SSSR count). The molecule has 0 bridgehead atoms. The van der Waals surface area contributed by atoms with E-state index in [1.165, 1.54) is 18.2 Å². The van der Waals surface area contributed by atoms with Crippen molar-refractivity contribution < 1.29 is 18.3 Å². The Hall–Kier alpha value is -3.32. The van der Waals surface area contributed by atoms with Gasteiger partial charge in [0, 0.05) is 30.5 Å². The molecule has 0 atom stereocenters. The lowest BCUT2D eigenvalue weighted by Crippen LogP contribution is -2.09. The minimum Gasteiger partial charge on any atom is -0.481 e. The van der Waals surface area contributed by atoms with Gasteiger partial charge >= 0.3 is 0 Å². The molecule has 2 heterocycles. The Bertz CT molecular complexity index is 1140. The zero-order valence-electron chi connectivity index (χ0n) is 16.0. The second-order valence-electron chi connectivity index (χ2n) is 6.54. The standard InChI is InChI=1S/C22H19F2N3O2/c1-28-13-21-26-19-8-6-14(15-7-9-22(29-2)25-11-15)10-20(19)27(21)12-16-17(23)4-3-5-18(16)24/h3-11H,12-13H2,1-2H3. The molecule has 0 fully saturated rings. The van der Waals surface area contributed by atoms with Gasteiger partial charge in [-0.2, -0.15) is 0 Å². The Labute approximate surface area is 166 Å². The summed E-state index contributed by atoms with van der Waals surface area (Å²) in [6.45, 7) is 0.238. The average molecular weight is 395 g/mol. The van der Waals surface area contributed by atoms with Crippen LogP contribution in [0.25, 0.3) is 22.2 Å². The summed E-state index contributed by atoms with van der Waals surface area (Å²) in [7, 11) is 3.12. The van der Waals surface area contributed by atoms with E-state index >= 15 is 0 Å². The van der Waals surface area contributed by atoms with Crippen LogP contribution in [-0.4, -0.2) is 28.8 Å². The molecule has 0 radical (unpaired) electrons. The van der Waals surface area contributed by atoms with Gasteiger partial charge < -0.3 is 14.0 Å². The number of aromatic nitrogens is 3. The minimum absolute atomic E-state index is 0.0119. The Morgan fingerprint density at radius 3 is 2.38 bits per heavy atom. The highest BCUT2D eigenvalue weighted by atomic mass is 19.1. The van der Waals surface area contributed by atoms with E-state index in [-0.39, 0.29) is 18.7 Å². The predicted molar refractivity (Wildman–Crippen MR) is 106 cm³/mol. The van der Waals surface area contributed by atoms with Crippen LogP contribution < -0.4 is 4.74 Å². The highest BCUT2D eigenvalue weighted by Crippen LogP contribution is 2.27. The lowest BCUT2D eigenvalue weighted by molar-refractivity contribution is 0.175. The number of hydrogen-bond acceptors (Lipinski definition) is 4. The molecule has 0 spiro atoms. The fraction of sp³-hybridized carbons (Fsp3) is 0.182. The van der Waals surface area contributed by atoms with Crippen LogP contribution in [0.4, 0.5) is 8.78 Å². The molecule has 7 heteroatoms. The SMILES string of the molecule is COCc1nc2ccc(-c3ccc(OC)nc3)cc2n1Cc1c(F)cccc1F. The van der Waals surface area contributed by atoms with Gasteiger partial charge in [0.2, 0.25) is 5.88 Å². The number of methoxy groups -OCH3 is 2. The number of fused-ring (bicyclic) bond motifs is 1. The summed E-state index contributed by atoms with van der Waals surface area (Å²) in [5, 5.41) is 0. The summed E-state index contributed by atoms with van der Waals surface area (Å²) < 4.78 is 40.6. The number of nitrogens with zero attached hydrogens (tertiary/aromatic N) is 3. The number of hydrogen-bond donors (Lipinski definition) is 0. The van der Waals surface area contributed by atoms with E-state index in [0.717, 1.165) is 22.2 Å². The van der Waals surface area contributed by atoms with Gasteiger partial charge in [0.1, 0.15) is 24.1 Å². The van der Waals surface area contributed by atoms with Crippen LogP contribution >= 0.6 is 0 Å². The van der Waals surface area contributed by atoms with Crippen LogP contribution in [0, 0.1) is 11.6 Å². The summed E-state index contributed by atoms with van der Waals surface area (Å²) in [6.07, 6.45) is 1.72. The highest BCUT2D eigenvalue weighted by molar-refractivity contribution is 5.82. The molecule has 148 valence electrons. The number of benzene rings is 2. The number of rotatable bonds is 6. The Balaban J connectivity index is 1.83. The summed E-state index contributed by atoms with van der Waals surface area (Å²) in [5.74, 6) is -0.0658. The van der Waals surface area contributed by atoms with Crippen LogP contribution in [0.5, 0.6) is 5.88 Å². The topological polar surface area (TPSA) is 49.2 Å². The van der Waals surface area contributed by atoms with Gasteiger partial charge in [0.15, 0.2) is 0 Å². The van der Waals surface area contributed by atoms with Gasteiger partial charge in [-0.05, 0) is 35.9 Å². The van der Waals surface area contributed by atoms with Gasteiger partial charge in [0.05, 0.1) is 24.7 Å². The van der Waals surface area contributed by atoms with Crippen molar-refractivity contribution >= 4 is 11.0 Å². The molecule has 0 saturated heterocycles. The fourth-order valence-corrected chi connectivity index (χ4v) is 3.28. The molecule has 0 N–H and O–H groups in total. The monoisotopic (exact) mass is 395 g/mol. The molecule has 0 aliphatic heterocycles. The summed E-state index contributed by atoms with van der Waals surface area (Å²) in [6, 6.07) is 13.3. The molecule has 0 unspecified atom stereocenters. The molecular formula is C22H19F2N3O2. The van der Waals surface area contributed by atoms with Gasteiger partial charge in [-0.25, -0.2) is 18.7 Å². The Morgan fingerprint density at radius 2 is 1.72 bits per heavy atom. The van der Waals surface area contributed by atoms with E-state index in [0.29, 0.717) is 11.7 Å². The fourth-order valence-electron chi connectivity index (χ4n) is 3.28. The van der Waals surface area contributed by atoms with E-state index in [2.05, 4.69) is 9.97 Å². The number of halogens is 2. The van der Waals surface area contributed by atoms with E-state index in [1.54, 1.807) is 31.0 Å². The maximum atomic E-state index is 14.3.